The third-order valence-corrected chi connectivity index (χ3v) is 25.0. The Kier molecular flexibility index (Phi) is 12.1. The van der Waals surface area contributed by atoms with Crippen molar-refractivity contribution in [3.63, 3.8) is 0 Å². The molecular weight excluding hydrogens is 1170 g/mol. The van der Waals surface area contributed by atoms with Crippen molar-refractivity contribution in [2.24, 2.45) is 11.3 Å². The molecular formula is C78H63N3O2S5. The van der Waals surface area contributed by atoms with E-state index < -0.39 is 0 Å². The van der Waals surface area contributed by atoms with Crippen molar-refractivity contribution in [1.82, 2.24) is 4.57 Å². The Balaban J connectivity index is 0.979. The smallest absolute Gasteiger partial charge is 0.137 e. The summed E-state index contributed by atoms with van der Waals surface area (Å²) in [6.45, 7) is 13.9. The average molecular weight is 1230 g/mol. The largest absolute Gasteiger partial charge is 0.460 e. The van der Waals surface area contributed by atoms with Crippen LogP contribution in [0.1, 0.15) is 77.7 Å². The van der Waals surface area contributed by atoms with Gasteiger partial charge in [-0.3, -0.25) is 0 Å². The van der Waals surface area contributed by atoms with E-state index in [0.717, 1.165) is 75.4 Å². The summed E-state index contributed by atoms with van der Waals surface area (Å²) in [6.07, 6.45) is 11.5. The molecule has 15 aromatic rings. The molecule has 432 valence electrons. The third kappa shape index (κ3) is 8.17. The molecule has 6 aromatic heterocycles. The summed E-state index contributed by atoms with van der Waals surface area (Å²) in [5.74, 6) is 3.63. The van der Waals surface area contributed by atoms with Gasteiger partial charge in [-0.2, -0.15) is 0 Å². The highest BCUT2D eigenvalue weighted by atomic mass is 32.2. The molecule has 88 heavy (non-hydrogen) atoms. The first-order valence-corrected chi connectivity index (χ1v) is 35.5. The number of thioether (sulfide) groups is 2. The Morgan fingerprint density at radius 2 is 1.23 bits per heavy atom. The van der Waals surface area contributed by atoms with Crippen LogP contribution in [0.25, 0.3) is 127 Å². The Labute approximate surface area is 531 Å². The van der Waals surface area contributed by atoms with Gasteiger partial charge >= 0.3 is 0 Å². The molecule has 18 rings (SSSR count). The van der Waals surface area contributed by atoms with Gasteiger partial charge in [0.05, 0.1) is 64.4 Å². The van der Waals surface area contributed by atoms with E-state index in [-0.39, 0.29) is 16.2 Å². The number of thiophene rings is 3. The van der Waals surface area contributed by atoms with Crippen molar-refractivity contribution in [3.8, 4) is 16.1 Å². The fraction of sp³-hybridized carbons (Fsp3) is 0.205. The van der Waals surface area contributed by atoms with Crippen LogP contribution in [-0.2, 0) is 11.8 Å². The summed E-state index contributed by atoms with van der Waals surface area (Å²) in [4.78, 5) is 6.65. The van der Waals surface area contributed by atoms with Crippen LogP contribution in [0.2, 0.25) is 0 Å². The zero-order valence-corrected chi connectivity index (χ0v) is 54.1. The monoisotopic (exact) mass is 1230 g/mol. The molecule has 5 nitrogen and oxygen atoms in total. The molecule has 0 bridgehead atoms. The van der Waals surface area contributed by atoms with E-state index in [4.69, 9.17) is 8.83 Å². The van der Waals surface area contributed by atoms with Gasteiger partial charge in [0.2, 0.25) is 0 Å². The van der Waals surface area contributed by atoms with E-state index in [1.165, 1.54) is 128 Å². The summed E-state index contributed by atoms with van der Waals surface area (Å²) in [5.41, 5.74) is 14.9. The fourth-order valence-corrected chi connectivity index (χ4v) is 20.5. The topological polar surface area (TPSA) is 37.7 Å². The molecule has 0 amide bonds. The van der Waals surface area contributed by atoms with Gasteiger partial charge in [-0.15, -0.1) is 57.5 Å². The summed E-state index contributed by atoms with van der Waals surface area (Å²) in [6, 6.07) is 64.6. The predicted molar refractivity (Wildman–Crippen MR) is 387 cm³/mol. The maximum absolute atomic E-state index is 7.01. The van der Waals surface area contributed by atoms with E-state index in [1.54, 1.807) is 0 Å². The number of hydrogen-bond donors (Lipinski definition) is 0. The molecule has 3 aliphatic rings. The zero-order valence-electron chi connectivity index (χ0n) is 50.0. The summed E-state index contributed by atoms with van der Waals surface area (Å²) >= 11 is 9.81. The molecule has 8 heterocycles. The number of hydrogen-bond acceptors (Lipinski definition) is 9. The van der Waals surface area contributed by atoms with Crippen LogP contribution < -0.4 is 9.80 Å². The molecule has 0 radical (unpaired) electrons. The number of rotatable bonds is 8. The van der Waals surface area contributed by atoms with Gasteiger partial charge in [0.1, 0.15) is 22.5 Å². The van der Waals surface area contributed by atoms with E-state index in [2.05, 4.69) is 256 Å². The number of benzene rings is 9. The number of fused-ring (bicyclic) bond motifs is 18. The van der Waals surface area contributed by atoms with E-state index in [9.17, 15) is 0 Å². The Morgan fingerprint density at radius 3 is 1.91 bits per heavy atom. The van der Waals surface area contributed by atoms with Crippen LogP contribution >= 0.6 is 57.5 Å². The first-order valence-electron chi connectivity index (χ1n) is 31.0. The molecule has 10 heteroatoms. The Morgan fingerprint density at radius 1 is 0.545 bits per heavy atom. The maximum atomic E-state index is 7.01. The number of furan rings is 2. The van der Waals surface area contributed by atoms with Crippen molar-refractivity contribution >= 4 is 192 Å². The predicted octanol–water partition coefficient (Wildman–Crippen LogP) is 24.7. The lowest BCUT2D eigenvalue weighted by atomic mass is 9.75. The second-order valence-electron chi connectivity index (χ2n) is 26.4. The molecule has 2 aliphatic heterocycles. The van der Waals surface area contributed by atoms with E-state index >= 15 is 0 Å². The minimum absolute atomic E-state index is 0.0242. The Bertz CT molecular complexity index is 5430. The maximum Gasteiger partial charge on any atom is 0.137 e. The molecule has 9 aromatic carbocycles. The van der Waals surface area contributed by atoms with Crippen LogP contribution in [0.5, 0.6) is 0 Å². The van der Waals surface area contributed by atoms with Crippen LogP contribution in [0.3, 0.4) is 0 Å². The Hall–Kier alpha value is -7.70. The molecule has 1 saturated heterocycles. The van der Waals surface area contributed by atoms with Crippen LogP contribution in [0.4, 0.5) is 22.7 Å². The molecule has 0 spiro atoms. The summed E-state index contributed by atoms with van der Waals surface area (Å²) < 4.78 is 23.1. The second-order valence-corrected chi connectivity index (χ2v) is 32.0. The highest BCUT2D eigenvalue weighted by Gasteiger charge is 2.36. The van der Waals surface area contributed by atoms with Gasteiger partial charge in [-0.05, 0) is 137 Å². The van der Waals surface area contributed by atoms with Gasteiger partial charge in [0, 0.05) is 80.1 Å². The van der Waals surface area contributed by atoms with E-state index in [0.29, 0.717) is 5.92 Å². The molecule has 2 unspecified atom stereocenters. The normalized spacial score (nSPS) is 16.6. The van der Waals surface area contributed by atoms with Gasteiger partial charge in [-0.1, -0.05) is 151 Å². The second kappa shape index (κ2) is 19.9. The number of anilines is 4. The summed E-state index contributed by atoms with van der Waals surface area (Å²) in [7, 11) is 0. The quantitative estimate of drug-likeness (QED) is 0.151. The molecule has 1 aliphatic carbocycles. The number of allylic oxidation sites excluding steroid dienone is 2. The minimum Gasteiger partial charge on any atom is -0.460 e. The summed E-state index contributed by atoms with van der Waals surface area (Å²) in [5, 5.41) is 14.0. The van der Waals surface area contributed by atoms with Crippen LogP contribution in [-0.4, -0.2) is 21.4 Å². The lowest BCUT2D eigenvalue weighted by Gasteiger charge is -2.32. The zero-order chi connectivity index (χ0) is 58.9. The first-order chi connectivity index (χ1) is 42.9. The highest BCUT2D eigenvalue weighted by Crippen LogP contribution is 2.58. The van der Waals surface area contributed by atoms with Gasteiger partial charge in [-0.25, -0.2) is 0 Å². The average Bonchev–Trinajstić information content (AvgIpc) is 1.59. The minimum atomic E-state index is -0.0242. The lowest BCUT2D eigenvalue weighted by Crippen LogP contribution is -2.26. The van der Waals surface area contributed by atoms with Crippen LogP contribution in [0, 0.1) is 11.3 Å². The highest BCUT2D eigenvalue weighted by molar-refractivity contribution is 8.03. The van der Waals surface area contributed by atoms with Crippen molar-refractivity contribution < 1.29 is 8.83 Å². The van der Waals surface area contributed by atoms with Crippen molar-refractivity contribution in [3.05, 3.63) is 204 Å². The molecule has 0 N–H and O–H groups in total. The van der Waals surface area contributed by atoms with Crippen molar-refractivity contribution in [2.45, 2.75) is 78.0 Å². The third-order valence-electron chi connectivity index (χ3n) is 19.0. The van der Waals surface area contributed by atoms with Gasteiger partial charge < -0.3 is 23.2 Å². The standard InChI is InChI=1S/C78H63N3O2S5/c1-77(2,3)46-31-35-49-61(40-46)82-59-22-13-20-53(69(49)59)80(67-27-15-37-84-67)57-42-55-73(71-51-18-8-11-25-64(51)87-75(57)71)74-56(79(55)48-33-29-44(30-34-48)66-39-45-17-7-10-24-63(45)86-66)43-58(76-72(74)52-19-9-12-26-65(52)88-76)81(68-28-16-38-85-68)54-21-14-23-60-70(54)50-36-32-47(78(4,5)6)41-62(50)83-60/h7-14,17-27,29-36,39-40,42-43,47,68H,15-16,28,37-38,41H2,1-6H3. The molecule has 0 saturated carbocycles. The van der Waals surface area contributed by atoms with Gasteiger partial charge in [0.25, 0.3) is 0 Å². The fourth-order valence-electron chi connectivity index (χ4n) is 14.6. The SMILES string of the molecule is CC(C)(C)c1ccc2c(c1)oc1cccc(N(C3=CCCS3)c3cc4c(c5c3sc3ccccc35)c3c5c(sc6ccccc65)c(N(c5cccc6oc7c(c56)C=CC(C(C)(C)C)C7)C5CCCS5)cc3n4-c3ccc(-c4cc5ccccc5s4)cc3)c12. The van der Waals surface area contributed by atoms with Crippen LogP contribution in [0.15, 0.2) is 196 Å². The van der Waals surface area contributed by atoms with Gasteiger partial charge in [0.15, 0.2) is 0 Å². The first kappa shape index (κ1) is 53.3. The number of nitrogens with zero attached hydrogens (tertiary/aromatic N) is 3. The molecule has 1 fully saturated rings. The van der Waals surface area contributed by atoms with E-state index in [1.807, 2.05) is 45.8 Å². The number of aromatic nitrogens is 1. The lowest BCUT2D eigenvalue weighted by molar-refractivity contribution is 0.278. The molecule has 2 atom stereocenters. The van der Waals surface area contributed by atoms with Crippen molar-refractivity contribution in [1.29, 1.82) is 0 Å². The van der Waals surface area contributed by atoms with Crippen molar-refractivity contribution in [2.75, 3.05) is 21.3 Å².